The van der Waals surface area contributed by atoms with Gasteiger partial charge in [-0.05, 0) is 33.0 Å². The molecule has 0 saturated carbocycles. The highest BCUT2D eigenvalue weighted by molar-refractivity contribution is 5.59. The molecule has 0 N–H and O–H groups in total. The van der Waals surface area contributed by atoms with Crippen LogP contribution in [-0.2, 0) is 0 Å². The number of likely N-dealkylation sites (N-methyl/N-ethyl adjacent to an activating group) is 1. The van der Waals surface area contributed by atoms with Gasteiger partial charge in [0, 0.05) is 25.2 Å². The zero-order valence-electron chi connectivity index (χ0n) is 10.8. The van der Waals surface area contributed by atoms with Gasteiger partial charge < -0.3 is 4.90 Å². The minimum absolute atomic E-state index is 0.154. The van der Waals surface area contributed by atoms with Gasteiger partial charge in [-0.3, -0.25) is 4.90 Å². The molecule has 0 amide bonds. The Labute approximate surface area is 103 Å². The number of hydrogen-bond acceptors (Lipinski definition) is 3. The first-order chi connectivity index (χ1) is 8.04. The number of rotatable bonds is 1. The van der Waals surface area contributed by atoms with Gasteiger partial charge in [0.15, 0.2) is 0 Å². The summed E-state index contributed by atoms with van der Waals surface area (Å²) in [4.78, 5) is 4.69. The minimum Gasteiger partial charge on any atom is -0.367 e. The Kier molecular flexibility index (Phi) is 3.08. The van der Waals surface area contributed by atoms with Gasteiger partial charge in [0.2, 0.25) is 0 Å². The van der Waals surface area contributed by atoms with E-state index in [-0.39, 0.29) is 5.54 Å². The topological polar surface area (TPSA) is 30.3 Å². The van der Waals surface area contributed by atoms with Crippen molar-refractivity contribution in [3.63, 3.8) is 0 Å². The van der Waals surface area contributed by atoms with E-state index in [4.69, 9.17) is 5.26 Å². The minimum atomic E-state index is 0.154. The number of para-hydroxylation sites is 1. The summed E-state index contributed by atoms with van der Waals surface area (Å²) >= 11 is 0. The lowest BCUT2D eigenvalue weighted by atomic mass is 9.98. The summed E-state index contributed by atoms with van der Waals surface area (Å²) in [6.45, 7) is 7.47. The van der Waals surface area contributed by atoms with Crippen LogP contribution in [0.5, 0.6) is 0 Å². The van der Waals surface area contributed by atoms with E-state index in [0.29, 0.717) is 0 Å². The van der Waals surface area contributed by atoms with Crippen molar-refractivity contribution in [3.05, 3.63) is 29.8 Å². The summed E-state index contributed by atoms with van der Waals surface area (Å²) in [6.07, 6.45) is 0. The van der Waals surface area contributed by atoms with Crippen LogP contribution in [0.4, 0.5) is 5.69 Å². The van der Waals surface area contributed by atoms with Crippen molar-refractivity contribution in [2.75, 3.05) is 31.6 Å². The monoisotopic (exact) mass is 229 g/mol. The summed E-state index contributed by atoms with van der Waals surface area (Å²) in [6, 6.07) is 10.1. The third kappa shape index (κ3) is 2.27. The second-order valence-corrected chi connectivity index (χ2v) is 5.28. The highest BCUT2D eigenvalue weighted by Gasteiger charge is 2.31. The standard InChI is InChI=1S/C14H19N3/c1-14(2)11-17(9-8-16(14)3)13-7-5-4-6-12(13)10-15/h4-7H,8-9,11H2,1-3H3. The predicted molar refractivity (Wildman–Crippen MR) is 70.1 cm³/mol. The first-order valence-corrected chi connectivity index (χ1v) is 6.00. The van der Waals surface area contributed by atoms with Crippen LogP contribution in [0.1, 0.15) is 19.4 Å². The Hall–Kier alpha value is -1.53. The van der Waals surface area contributed by atoms with Crippen molar-refractivity contribution in [1.82, 2.24) is 4.90 Å². The lowest BCUT2D eigenvalue weighted by Gasteiger charge is -2.46. The van der Waals surface area contributed by atoms with Gasteiger partial charge in [-0.2, -0.15) is 5.26 Å². The summed E-state index contributed by atoms with van der Waals surface area (Å²) in [7, 11) is 2.16. The number of anilines is 1. The fraction of sp³-hybridized carbons (Fsp3) is 0.500. The molecule has 1 aliphatic heterocycles. The van der Waals surface area contributed by atoms with E-state index >= 15 is 0 Å². The highest BCUT2D eigenvalue weighted by Crippen LogP contribution is 2.26. The van der Waals surface area contributed by atoms with Gasteiger partial charge >= 0.3 is 0 Å². The number of nitrogens with zero attached hydrogens (tertiary/aromatic N) is 3. The van der Waals surface area contributed by atoms with Crippen LogP contribution in [0.15, 0.2) is 24.3 Å². The smallest absolute Gasteiger partial charge is 0.101 e. The van der Waals surface area contributed by atoms with E-state index < -0.39 is 0 Å². The molecule has 1 aromatic carbocycles. The Morgan fingerprint density at radius 2 is 1.94 bits per heavy atom. The average Bonchev–Trinajstić information content (AvgIpc) is 2.32. The number of benzene rings is 1. The van der Waals surface area contributed by atoms with Gasteiger partial charge in [-0.1, -0.05) is 12.1 Å². The molecule has 1 saturated heterocycles. The molecule has 17 heavy (non-hydrogen) atoms. The van der Waals surface area contributed by atoms with Gasteiger partial charge in [0.1, 0.15) is 6.07 Å². The summed E-state index contributed by atoms with van der Waals surface area (Å²) < 4.78 is 0. The fourth-order valence-electron chi connectivity index (χ4n) is 2.29. The molecule has 1 fully saturated rings. The van der Waals surface area contributed by atoms with Gasteiger partial charge in [0.05, 0.1) is 11.3 Å². The third-order valence-corrected chi connectivity index (χ3v) is 3.68. The molecule has 90 valence electrons. The SMILES string of the molecule is CN1CCN(c2ccccc2C#N)CC1(C)C. The molecule has 2 rings (SSSR count). The molecule has 0 unspecified atom stereocenters. The van der Waals surface area contributed by atoms with E-state index in [1.54, 1.807) is 0 Å². The maximum Gasteiger partial charge on any atom is 0.101 e. The van der Waals surface area contributed by atoms with Crippen LogP contribution in [0, 0.1) is 11.3 Å². The molecule has 1 heterocycles. The Morgan fingerprint density at radius 3 is 2.59 bits per heavy atom. The maximum atomic E-state index is 9.14. The lowest BCUT2D eigenvalue weighted by Crippen LogP contribution is -2.57. The van der Waals surface area contributed by atoms with E-state index in [1.807, 2.05) is 24.3 Å². The Balaban J connectivity index is 2.27. The summed E-state index contributed by atoms with van der Waals surface area (Å²) in [5, 5.41) is 9.14. The number of nitriles is 1. The van der Waals surface area contributed by atoms with Crippen molar-refractivity contribution < 1.29 is 0 Å². The lowest BCUT2D eigenvalue weighted by molar-refractivity contribution is 0.139. The average molecular weight is 229 g/mol. The molecule has 0 bridgehead atoms. The van der Waals surface area contributed by atoms with E-state index in [1.165, 1.54) is 0 Å². The van der Waals surface area contributed by atoms with Crippen LogP contribution in [-0.4, -0.2) is 37.1 Å². The van der Waals surface area contributed by atoms with Gasteiger partial charge in [-0.15, -0.1) is 0 Å². The second-order valence-electron chi connectivity index (χ2n) is 5.28. The number of piperazine rings is 1. The zero-order chi connectivity index (χ0) is 12.5. The van der Waals surface area contributed by atoms with Crippen LogP contribution in [0.25, 0.3) is 0 Å². The molecule has 1 aliphatic rings. The van der Waals surface area contributed by atoms with Crippen LogP contribution in [0.3, 0.4) is 0 Å². The van der Waals surface area contributed by atoms with Crippen molar-refractivity contribution in [1.29, 1.82) is 5.26 Å². The molecule has 0 radical (unpaired) electrons. The maximum absolute atomic E-state index is 9.14. The molecular weight excluding hydrogens is 210 g/mol. The van der Waals surface area contributed by atoms with E-state index in [2.05, 4.69) is 36.8 Å². The predicted octanol–water partition coefficient (Wildman–Crippen LogP) is 2.09. The Bertz CT molecular complexity index is 445. The molecule has 0 aromatic heterocycles. The zero-order valence-corrected chi connectivity index (χ0v) is 10.8. The third-order valence-electron chi connectivity index (χ3n) is 3.68. The summed E-state index contributed by atoms with van der Waals surface area (Å²) in [5.74, 6) is 0. The molecule has 3 nitrogen and oxygen atoms in total. The van der Waals surface area contributed by atoms with Crippen molar-refractivity contribution in [2.45, 2.75) is 19.4 Å². The molecule has 0 aliphatic carbocycles. The normalized spacial score (nSPS) is 20.0. The van der Waals surface area contributed by atoms with Crippen LogP contribution in [0.2, 0.25) is 0 Å². The van der Waals surface area contributed by atoms with Crippen LogP contribution < -0.4 is 4.90 Å². The van der Waals surface area contributed by atoms with Crippen molar-refractivity contribution >= 4 is 5.69 Å². The first-order valence-electron chi connectivity index (χ1n) is 6.00. The quantitative estimate of drug-likeness (QED) is 0.738. The van der Waals surface area contributed by atoms with Gasteiger partial charge in [-0.25, -0.2) is 0 Å². The van der Waals surface area contributed by atoms with Crippen molar-refractivity contribution in [2.24, 2.45) is 0 Å². The van der Waals surface area contributed by atoms with E-state index in [9.17, 15) is 0 Å². The first kappa shape index (κ1) is 11.9. The molecule has 1 aromatic rings. The van der Waals surface area contributed by atoms with Gasteiger partial charge in [0.25, 0.3) is 0 Å². The molecule has 3 heteroatoms. The Morgan fingerprint density at radius 1 is 1.24 bits per heavy atom. The fourth-order valence-corrected chi connectivity index (χ4v) is 2.29. The number of hydrogen-bond donors (Lipinski definition) is 0. The molecule has 0 spiro atoms. The van der Waals surface area contributed by atoms with Crippen LogP contribution >= 0.6 is 0 Å². The second kappa shape index (κ2) is 4.38. The van der Waals surface area contributed by atoms with E-state index in [0.717, 1.165) is 30.9 Å². The molecular formula is C14H19N3. The highest BCUT2D eigenvalue weighted by atomic mass is 15.3. The summed E-state index contributed by atoms with van der Waals surface area (Å²) in [5.41, 5.74) is 1.99. The largest absolute Gasteiger partial charge is 0.367 e. The molecule has 0 atom stereocenters. The van der Waals surface area contributed by atoms with Crippen molar-refractivity contribution in [3.8, 4) is 6.07 Å².